The summed E-state index contributed by atoms with van der Waals surface area (Å²) in [5, 5.41) is 3.32. The van der Waals surface area contributed by atoms with Crippen molar-refractivity contribution >= 4 is 39.1 Å². The number of benzene rings is 2. The average molecular weight is 504 g/mol. The summed E-state index contributed by atoms with van der Waals surface area (Å²) in [5.41, 5.74) is 3.99. The predicted octanol–water partition coefficient (Wildman–Crippen LogP) is 5.24. The minimum absolute atomic E-state index is 0.240. The Hall–Kier alpha value is -3.78. The van der Waals surface area contributed by atoms with Crippen LogP contribution >= 0.6 is 11.3 Å². The topological polar surface area (TPSA) is 90.3 Å². The van der Waals surface area contributed by atoms with Crippen LogP contribution in [-0.4, -0.2) is 28.0 Å². The van der Waals surface area contributed by atoms with Crippen LogP contribution < -0.4 is 10.9 Å². The lowest BCUT2D eigenvalue weighted by Gasteiger charge is -2.18. The summed E-state index contributed by atoms with van der Waals surface area (Å²) in [7, 11) is 0. The van der Waals surface area contributed by atoms with Gasteiger partial charge < -0.3 is 10.1 Å². The van der Waals surface area contributed by atoms with Gasteiger partial charge in [-0.1, -0.05) is 55.5 Å². The van der Waals surface area contributed by atoms with Gasteiger partial charge in [0.25, 0.3) is 5.56 Å². The fourth-order valence-corrected chi connectivity index (χ4v) is 5.17. The molecule has 1 atom stereocenters. The van der Waals surface area contributed by atoms with E-state index in [1.807, 2.05) is 62.4 Å². The molecule has 186 valence electrons. The molecule has 0 fully saturated rings. The maximum absolute atomic E-state index is 13.4. The Bertz CT molecular complexity index is 1470. The van der Waals surface area contributed by atoms with E-state index in [0.29, 0.717) is 27.1 Å². The van der Waals surface area contributed by atoms with Gasteiger partial charge in [-0.2, -0.15) is 0 Å². The Kier molecular flexibility index (Phi) is 7.64. The van der Waals surface area contributed by atoms with Crippen LogP contribution in [0.1, 0.15) is 51.8 Å². The van der Waals surface area contributed by atoms with Gasteiger partial charge in [0.05, 0.1) is 18.3 Å². The number of aryl methyl sites for hydroxylation is 3. The lowest BCUT2D eigenvalue weighted by atomic mass is 10.1. The first-order valence-corrected chi connectivity index (χ1v) is 12.7. The van der Waals surface area contributed by atoms with Gasteiger partial charge in [0.1, 0.15) is 15.7 Å². The van der Waals surface area contributed by atoms with Crippen molar-refractivity contribution in [2.75, 3.05) is 11.9 Å². The molecule has 36 heavy (non-hydrogen) atoms. The molecule has 0 aliphatic heterocycles. The van der Waals surface area contributed by atoms with Gasteiger partial charge in [-0.15, -0.1) is 11.3 Å². The van der Waals surface area contributed by atoms with Crippen molar-refractivity contribution < 1.29 is 14.3 Å². The molecule has 0 saturated carbocycles. The second-order valence-electron chi connectivity index (χ2n) is 8.69. The second kappa shape index (κ2) is 10.9. The Morgan fingerprint density at radius 3 is 2.58 bits per heavy atom. The van der Waals surface area contributed by atoms with Crippen LogP contribution in [0.3, 0.4) is 0 Å². The predicted molar refractivity (Wildman–Crippen MR) is 143 cm³/mol. The number of aromatic nitrogens is 2. The van der Waals surface area contributed by atoms with E-state index < -0.39 is 12.0 Å². The van der Waals surface area contributed by atoms with E-state index in [4.69, 9.17) is 4.74 Å². The van der Waals surface area contributed by atoms with Crippen LogP contribution in [0.4, 0.5) is 5.69 Å². The highest BCUT2D eigenvalue weighted by Crippen LogP contribution is 2.28. The van der Waals surface area contributed by atoms with E-state index >= 15 is 0 Å². The van der Waals surface area contributed by atoms with Crippen LogP contribution in [0, 0.1) is 13.8 Å². The normalized spacial score (nSPS) is 11.9. The number of nitrogens with one attached hydrogen (secondary N) is 1. The van der Waals surface area contributed by atoms with Crippen molar-refractivity contribution in [2.45, 2.75) is 46.6 Å². The first-order valence-electron chi connectivity index (χ1n) is 11.9. The van der Waals surface area contributed by atoms with E-state index in [1.54, 1.807) is 13.8 Å². The molecule has 2 aromatic heterocycles. The summed E-state index contributed by atoms with van der Waals surface area (Å²) in [6, 6.07) is 14.8. The molecular weight excluding hydrogens is 474 g/mol. The number of thiophene rings is 1. The first kappa shape index (κ1) is 25.3. The third-order valence-electron chi connectivity index (χ3n) is 6.31. The molecule has 4 aromatic rings. The highest BCUT2D eigenvalue weighted by Gasteiger charge is 2.24. The summed E-state index contributed by atoms with van der Waals surface area (Å²) >= 11 is 1.13. The third-order valence-corrected chi connectivity index (χ3v) is 7.49. The van der Waals surface area contributed by atoms with Crippen molar-refractivity contribution in [2.24, 2.45) is 0 Å². The van der Waals surface area contributed by atoms with E-state index in [9.17, 15) is 14.4 Å². The molecule has 0 aliphatic rings. The Morgan fingerprint density at radius 1 is 1.11 bits per heavy atom. The molecule has 1 unspecified atom stereocenters. The van der Waals surface area contributed by atoms with Gasteiger partial charge in [-0.05, 0) is 49.4 Å². The van der Waals surface area contributed by atoms with E-state index in [1.165, 1.54) is 10.9 Å². The highest BCUT2D eigenvalue weighted by atomic mass is 32.1. The molecular formula is C28H29N3O4S. The third kappa shape index (κ3) is 5.09. The van der Waals surface area contributed by atoms with Crippen LogP contribution in [0.25, 0.3) is 10.2 Å². The zero-order valence-electron chi connectivity index (χ0n) is 20.8. The summed E-state index contributed by atoms with van der Waals surface area (Å²) in [6.45, 7) is 7.58. The molecule has 1 amide bonds. The first-order chi connectivity index (χ1) is 17.3. The lowest BCUT2D eigenvalue weighted by molar-refractivity contribution is -0.118. The Labute approximate surface area is 213 Å². The molecule has 0 radical (unpaired) electrons. The number of hydrogen-bond donors (Lipinski definition) is 1. The fourth-order valence-electron chi connectivity index (χ4n) is 4.14. The average Bonchev–Trinajstić information content (AvgIpc) is 3.22. The summed E-state index contributed by atoms with van der Waals surface area (Å²) < 4.78 is 6.78. The van der Waals surface area contributed by atoms with Gasteiger partial charge in [0, 0.05) is 12.1 Å². The van der Waals surface area contributed by atoms with Crippen molar-refractivity contribution in [1.29, 1.82) is 0 Å². The summed E-state index contributed by atoms with van der Waals surface area (Å²) in [5.74, 6) is -0.787. The maximum Gasteiger partial charge on any atom is 0.348 e. The number of carbonyl (C=O) groups is 2. The quantitative estimate of drug-likeness (QED) is 0.332. The molecule has 0 saturated heterocycles. The van der Waals surface area contributed by atoms with Gasteiger partial charge in [0.15, 0.2) is 0 Å². The minimum Gasteiger partial charge on any atom is -0.461 e. The zero-order valence-corrected chi connectivity index (χ0v) is 21.6. The number of esters is 1. The number of nitrogens with zero attached hydrogens (tertiary/aromatic N) is 2. The van der Waals surface area contributed by atoms with E-state index in [2.05, 4.69) is 10.3 Å². The number of hydrogen-bond acceptors (Lipinski definition) is 6. The molecule has 7 nitrogen and oxygen atoms in total. The Balaban J connectivity index is 1.55. The number of amides is 1. The number of fused-ring (bicyclic) bond motifs is 1. The molecule has 0 aliphatic carbocycles. The van der Waals surface area contributed by atoms with Gasteiger partial charge in [-0.25, -0.2) is 9.78 Å². The minimum atomic E-state index is -0.792. The summed E-state index contributed by atoms with van der Waals surface area (Å²) in [6.07, 6.45) is 2.75. The standard InChI is InChI=1S/C28H29N3O4S/c1-5-21-13-9-10-17(2)23(21)30-25(32)19(4)31-16-29-26-22(27(31)33)18(3)24(36-26)28(34)35-15-14-20-11-7-6-8-12-20/h6-13,16,19H,5,14-15H2,1-4H3,(H,30,32). The second-order valence-corrected chi connectivity index (χ2v) is 9.69. The van der Waals surface area contributed by atoms with E-state index in [-0.39, 0.29) is 18.1 Å². The smallest absolute Gasteiger partial charge is 0.348 e. The number of carbonyl (C=O) groups excluding carboxylic acids is 2. The van der Waals surface area contributed by atoms with Gasteiger partial charge in [-0.3, -0.25) is 14.2 Å². The van der Waals surface area contributed by atoms with Crippen molar-refractivity contribution in [3.63, 3.8) is 0 Å². The van der Waals surface area contributed by atoms with Gasteiger partial charge >= 0.3 is 5.97 Å². The van der Waals surface area contributed by atoms with Crippen molar-refractivity contribution in [3.05, 3.63) is 92.3 Å². The van der Waals surface area contributed by atoms with Crippen LogP contribution in [-0.2, 0) is 22.4 Å². The molecule has 2 aromatic carbocycles. The summed E-state index contributed by atoms with van der Waals surface area (Å²) in [4.78, 5) is 44.4. The maximum atomic E-state index is 13.4. The SMILES string of the molecule is CCc1cccc(C)c1NC(=O)C(C)n1cnc2sc(C(=O)OCCc3ccccc3)c(C)c2c1=O. The molecule has 0 bridgehead atoms. The van der Waals surface area contributed by atoms with Crippen molar-refractivity contribution in [1.82, 2.24) is 9.55 Å². The number of anilines is 1. The number of ether oxygens (including phenoxy) is 1. The zero-order chi connectivity index (χ0) is 25.8. The lowest BCUT2D eigenvalue weighted by Crippen LogP contribution is -2.32. The van der Waals surface area contributed by atoms with Crippen LogP contribution in [0.15, 0.2) is 59.7 Å². The number of para-hydroxylation sites is 1. The van der Waals surface area contributed by atoms with Crippen LogP contribution in [0.2, 0.25) is 0 Å². The van der Waals surface area contributed by atoms with Crippen molar-refractivity contribution in [3.8, 4) is 0 Å². The molecule has 8 heteroatoms. The molecule has 0 spiro atoms. The molecule has 4 rings (SSSR count). The highest BCUT2D eigenvalue weighted by molar-refractivity contribution is 7.20. The molecule has 1 N–H and O–H groups in total. The van der Waals surface area contributed by atoms with Gasteiger partial charge in [0.2, 0.25) is 5.91 Å². The van der Waals surface area contributed by atoms with E-state index in [0.717, 1.165) is 40.1 Å². The van der Waals surface area contributed by atoms with Crippen LogP contribution in [0.5, 0.6) is 0 Å². The fraction of sp³-hybridized carbons (Fsp3) is 0.286. The molecule has 2 heterocycles. The number of rotatable bonds is 8. The monoisotopic (exact) mass is 503 g/mol. The largest absolute Gasteiger partial charge is 0.461 e. The Morgan fingerprint density at radius 2 is 1.86 bits per heavy atom.